The van der Waals surface area contributed by atoms with Gasteiger partial charge < -0.3 is 20.3 Å². The van der Waals surface area contributed by atoms with Crippen molar-refractivity contribution in [1.82, 2.24) is 0 Å². The summed E-state index contributed by atoms with van der Waals surface area (Å²) in [6, 6.07) is -0.233. The maximum Gasteiger partial charge on any atom is 0.184 e. The molecule has 4 nitrogen and oxygen atoms in total. The Balaban J connectivity index is 2.51. The first-order chi connectivity index (χ1) is 5.15. The number of aliphatic hydroxyl groups excluding tert-OH is 1. The lowest BCUT2D eigenvalue weighted by atomic mass is 10.0. The fourth-order valence-electron chi connectivity index (χ4n) is 1.28. The number of nitrogens with two attached hydrogens (primary N) is 1. The summed E-state index contributed by atoms with van der Waals surface area (Å²) in [7, 11) is 1.50. The molecule has 0 saturated carbocycles. The molecular weight excluding hydrogens is 146 g/mol. The lowest BCUT2D eigenvalue weighted by Gasteiger charge is -2.35. The average Bonchev–Trinajstić information content (AvgIpc) is 1.96. The van der Waals surface area contributed by atoms with Crippen LogP contribution in [0.2, 0.25) is 0 Å². The van der Waals surface area contributed by atoms with Gasteiger partial charge in [-0.3, -0.25) is 0 Å². The van der Waals surface area contributed by atoms with Gasteiger partial charge in [0, 0.05) is 13.2 Å². The Bertz CT molecular complexity index is 131. The van der Waals surface area contributed by atoms with Gasteiger partial charge in [-0.05, 0) is 13.3 Å². The van der Waals surface area contributed by atoms with Crippen molar-refractivity contribution in [3.05, 3.63) is 0 Å². The Morgan fingerprint density at radius 2 is 2.27 bits per heavy atom. The summed E-state index contributed by atoms with van der Waals surface area (Å²) in [4.78, 5) is 0. The zero-order chi connectivity index (χ0) is 8.43. The third-order valence-corrected chi connectivity index (χ3v) is 1.92. The molecule has 0 aromatic carbocycles. The molecule has 1 heterocycles. The topological polar surface area (TPSA) is 64.7 Å². The fourth-order valence-corrected chi connectivity index (χ4v) is 1.28. The van der Waals surface area contributed by atoms with Crippen LogP contribution in [0.25, 0.3) is 0 Å². The Labute approximate surface area is 66.3 Å². The summed E-state index contributed by atoms with van der Waals surface area (Å²) in [5.41, 5.74) is 5.62. The lowest BCUT2D eigenvalue weighted by Crippen LogP contribution is -2.52. The van der Waals surface area contributed by atoms with Gasteiger partial charge in [-0.15, -0.1) is 0 Å². The minimum absolute atomic E-state index is 0.0679. The van der Waals surface area contributed by atoms with E-state index in [1.807, 2.05) is 6.92 Å². The first-order valence-corrected chi connectivity index (χ1v) is 3.77. The van der Waals surface area contributed by atoms with Gasteiger partial charge in [0.05, 0.1) is 6.10 Å². The lowest BCUT2D eigenvalue weighted by molar-refractivity contribution is -0.230. The molecule has 1 aliphatic rings. The summed E-state index contributed by atoms with van der Waals surface area (Å²) in [5, 5.41) is 9.38. The van der Waals surface area contributed by atoms with E-state index in [1.54, 1.807) is 0 Å². The predicted molar refractivity (Wildman–Crippen MR) is 39.9 cm³/mol. The summed E-state index contributed by atoms with van der Waals surface area (Å²) in [5.74, 6) is 0. The first-order valence-electron chi connectivity index (χ1n) is 3.77. The molecule has 11 heavy (non-hydrogen) atoms. The van der Waals surface area contributed by atoms with Crippen LogP contribution in [0.1, 0.15) is 13.3 Å². The zero-order valence-electron chi connectivity index (χ0n) is 6.86. The molecule has 4 atom stereocenters. The number of methoxy groups -OCH3 is 1. The van der Waals surface area contributed by atoms with Crippen molar-refractivity contribution >= 4 is 0 Å². The Hall–Kier alpha value is -0.160. The van der Waals surface area contributed by atoms with E-state index in [2.05, 4.69) is 0 Å². The largest absolute Gasteiger partial charge is 0.386 e. The molecule has 0 spiro atoms. The van der Waals surface area contributed by atoms with E-state index < -0.39 is 12.4 Å². The molecule has 0 aromatic heterocycles. The van der Waals surface area contributed by atoms with Gasteiger partial charge in [0.25, 0.3) is 0 Å². The van der Waals surface area contributed by atoms with Gasteiger partial charge in [0.2, 0.25) is 0 Å². The van der Waals surface area contributed by atoms with Crippen molar-refractivity contribution in [2.24, 2.45) is 5.73 Å². The standard InChI is InChI=1S/C7H15NO3/c1-4-3-5(8)6(9)7(10-2)11-4/h4-7,9H,3,8H2,1-2H3. The molecule has 1 fully saturated rings. The van der Waals surface area contributed by atoms with Gasteiger partial charge in [0.15, 0.2) is 6.29 Å². The first kappa shape index (κ1) is 8.93. The zero-order valence-corrected chi connectivity index (χ0v) is 6.86. The van der Waals surface area contributed by atoms with Crippen LogP contribution in [0, 0.1) is 0 Å². The molecule has 0 bridgehead atoms. The normalized spacial score (nSPS) is 45.8. The van der Waals surface area contributed by atoms with Crippen LogP contribution in [0.5, 0.6) is 0 Å². The van der Waals surface area contributed by atoms with Crippen molar-refractivity contribution in [1.29, 1.82) is 0 Å². The summed E-state index contributed by atoms with van der Waals surface area (Å²) >= 11 is 0. The highest BCUT2D eigenvalue weighted by Gasteiger charge is 2.33. The minimum Gasteiger partial charge on any atom is -0.386 e. The monoisotopic (exact) mass is 161 g/mol. The van der Waals surface area contributed by atoms with E-state index in [1.165, 1.54) is 7.11 Å². The third kappa shape index (κ3) is 1.90. The summed E-state index contributed by atoms with van der Waals surface area (Å²) in [6.45, 7) is 1.91. The fraction of sp³-hybridized carbons (Fsp3) is 1.00. The van der Waals surface area contributed by atoms with Crippen LogP contribution in [0.15, 0.2) is 0 Å². The van der Waals surface area contributed by atoms with Crippen LogP contribution in [0.3, 0.4) is 0 Å². The number of ether oxygens (including phenoxy) is 2. The molecule has 1 aliphatic heterocycles. The maximum absolute atomic E-state index is 9.38. The van der Waals surface area contributed by atoms with Crippen LogP contribution < -0.4 is 5.73 Å². The molecule has 0 radical (unpaired) electrons. The van der Waals surface area contributed by atoms with Gasteiger partial charge in [-0.2, -0.15) is 0 Å². The molecule has 4 heteroatoms. The van der Waals surface area contributed by atoms with E-state index in [-0.39, 0.29) is 12.1 Å². The quantitative estimate of drug-likeness (QED) is 0.542. The highest BCUT2D eigenvalue weighted by Crippen LogP contribution is 2.18. The van der Waals surface area contributed by atoms with Crippen molar-refractivity contribution in [2.45, 2.75) is 37.9 Å². The molecule has 3 N–H and O–H groups in total. The highest BCUT2D eigenvalue weighted by molar-refractivity contribution is 4.82. The average molecular weight is 161 g/mol. The Morgan fingerprint density at radius 3 is 2.82 bits per heavy atom. The van der Waals surface area contributed by atoms with E-state index in [0.29, 0.717) is 6.42 Å². The molecule has 0 amide bonds. The van der Waals surface area contributed by atoms with Crippen LogP contribution in [-0.4, -0.2) is 36.8 Å². The molecule has 66 valence electrons. The van der Waals surface area contributed by atoms with Crippen molar-refractivity contribution in [3.8, 4) is 0 Å². The van der Waals surface area contributed by atoms with Gasteiger partial charge in [0.1, 0.15) is 6.10 Å². The molecule has 1 rings (SSSR count). The molecule has 0 aromatic rings. The predicted octanol–water partition coefficient (Wildman–Crippen LogP) is -0.544. The van der Waals surface area contributed by atoms with Gasteiger partial charge >= 0.3 is 0 Å². The number of hydrogen-bond donors (Lipinski definition) is 2. The minimum atomic E-state index is -0.698. The summed E-state index contributed by atoms with van der Waals surface area (Å²) < 4.78 is 10.2. The van der Waals surface area contributed by atoms with E-state index in [4.69, 9.17) is 15.2 Å². The van der Waals surface area contributed by atoms with Crippen molar-refractivity contribution in [2.75, 3.05) is 7.11 Å². The highest BCUT2D eigenvalue weighted by atomic mass is 16.7. The second-order valence-electron chi connectivity index (χ2n) is 2.94. The smallest absolute Gasteiger partial charge is 0.184 e. The van der Waals surface area contributed by atoms with Crippen LogP contribution in [-0.2, 0) is 9.47 Å². The molecule has 1 saturated heterocycles. The molecular formula is C7H15NO3. The Kier molecular flexibility index (Phi) is 2.84. The van der Waals surface area contributed by atoms with Crippen molar-refractivity contribution in [3.63, 3.8) is 0 Å². The summed E-state index contributed by atoms with van der Waals surface area (Å²) in [6.07, 6.45) is -0.510. The maximum atomic E-state index is 9.38. The third-order valence-electron chi connectivity index (χ3n) is 1.92. The molecule has 0 aliphatic carbocycles. The van der Waals surface area contributed by atoms with Gasteiger partial charge in [-0.25, -0.2) is 0 Å². The second-order valence-corrected chi connectivity index (χ2v) is 2.94. The van der Waals surface area contributed by atoms with Crippen molar-refractivity contribution < 1.29 is 14.6 Å². The van der Waals surface area contributed by atoms with E-state index in [9.17, 15) is 5.11 Å². The van der Waals surface area contributed by atoms with Gasteiger partial charge in [-0.1, -0.05) is 0 Å². The van der Waals surface area contributed by atoms with E-state index in [0.717, 1.165) is 0 Å². The number of aliphatic hydroxyl groups is 1. The number of hydrogen-bond acceptors (Lipinski definition) is 4. The van der Waals surface area contributed by atoms with Crippen LogP contribution >= 0.6 is 0 Å². The molecule has 4 unspecified atom stereocenters. The Morgan fingerprint density at radius 1 is 1.64 bits per heavy atom. The van der Waals surface area contributed by atoms with E-state index >= 15 is 0 Å². The van der Waals surface area contributed by atoms with Crippen LogP contribution in [0.4, 0.5) is 0 Å². The second kappa shape index (κ2) is 3.49. The SMILES string of the molecule is COC1OC(C)CC(N)C1O. The number of rotatable bonds is 1.